The van der Waals surface area contributed by atoms with Crippen molar-refractivity contribution in [2.24, 2.45) is 5.73 Å². The lowest BCUT2D eigenvalue weighted by Crippen LogP contribution is -2.51. The van der Waals surface area contributed by atoms with E-state index in [1.807, 2.05) is 17.9 Å². The SMILES string of the molecule is CCc1ccc(C(=O)N2CCC(OC)CC2CN)o1. The lowest BCUT2D eigenvalue weighted by Gasteiger charge is -2.38. The number of piperidine rings is 1. The van der Waals surface area contributed by atoms with Crippen LogP contribution in [0.25, 0.3) is 0 Å². The molecule has 0 aromatic carbocycles. The van der Waals surface area contributed by atoms with Gasteiger partial charge in [-0.2, -0.15) is 0 Å². The van der Waals surface area contributed by atoms with E-state index in [1.165, 1.54) is 0 Å². The third-order valence-electron chi connectivity index (χ3n) is 3.75. The Hall–Kier alpha value is -1.33. The van der Waals surface area contributed by atoms with Crippen molar-refractivity contribution in [3.8, 4) is 0 Å². The van der Waals surface area contributed by atoms with Gasteiger partial charge < -0.3 is 19.8 Å². The summed E-state index contributed by atoms with van der Waals surface area (Å²) in [7, 11) is 1.70. The molecule has 5 heteroatoms. The summed E-state index contributed by atoms with van der Waals surface area (Å²) in [6.07, 6.45) is 2.62. The van der Waals surface area contributed by atoms with Gasteiger partial charge in [-0.25, -0.2) is 0 Å². The van der Waals surface area contributed by atoms with Crippen LogP contribution in [0.3, 0.4) is 0 Å². The standard InChI is InChI=1S/C14H22N2O3/c1-3-11-4-5-13(19-11)14(17)16-7-6-12(18-2)8-10(16)9-15/h4-5,10,12H,3,6-9,15H2,1-2H3. The van der Waals surface area contributed by atoms with Crippen LogP contribution in [0.5, 0.6) is 0 Å². The van der Waals surface area contributed by atoms with Crippen LogP contribution in [0.15, 0.2) is 16.5 Å². The number of furan rings is 1. The summed E-state index contributed by atoms with van der Waals surface area (Å²) in [6.45, 7) is 3.12. The van der Waals surface area contributed by atoms with Crippen molar-refractivity contribution in [2.75, 3.05) is 20.2 Å². The molecule has 0 bridgehead atoms. The van der Waals surface area contributed by atoms with Crippen LogP contribution in [0.4, 0.5) is 0 Å². The van der Waals surface area contributed by atoms with Crippen molar-refractivity contribution in [2.45, 2.75) is 38.3 Å². The van der Waals surface area contributed by atoms with Crippen LogP contribution in [-0.4, -0.2) is 43.2 Å². The van der Waals surface area contributed by atoms with Crippen molar-refractivity contribution in [3.05, 3.63) is 23.7 Å². The summed E-state index contributed by atoms with van der Waals surface area (Å²) in [5, 5.41) is 0. The first-order valence-electron chi connectivity index (χ1n) is 6.82. The van der Waals surface area contributed by atoms with Gasteiger partial charge in [0, 0.05) is 32.7 Å². The molecule has 0 aliphatic carbocycles. The van der Waals surface area contributed by atoms with Crippen molar-refractivity contribution in [1.82, 2.24) is 4.90 Å². The molecule has 1 fully saturated rings. The minimum atomic E-state index is -0.0651. The van der Waals surface area contributed by atoms with Crippen LogP contribution in [-0.2, 0) is 11.2 Å². The monoisotopic (exact) mass is 266 g/mol. The first-order valence-corrected chi connectivity index (χ1v) is 6.82. The molecular formula is C14H22N2O3. The number of nitrogens with two attached hydrogens (primary N) is 1. The summed E-state index contributed by atoms with van der Waals surface area (Å²) in [4.78, 5) is 14.2. The molecule has 1 aliphatic heterocycles. The van der Waals surface area contributed by atoms with Crippen LogP contribution in [0, 0.1) is 0 Å². The first-order chi connectivity index (χ1) is 9.19. The molecule has 2 heterocycles. The highest BCUT2D eigenvalue weighted by molar-refractivity contribution is 5.91. The molecule has 1 aromatic rings. The quantitative estimate of drug-likeness (QED) is 0.895. The van der Waals surface area contributed by atoms with Gasteiger partial charge in [0.1, 0.15) is 5.76 Å². The van der Waals surface area contributed by atoms with Gasteiger partial charge in [0.2, 0.25) is 0 Å². The maximum Gasteiger partial charge on any atom is 0.289 e. The van der Waals surface area contributed by atoms with Gasteiger partial charge >= 0.3 is 0 Å². The van der Waals surface area contributed by atoms with E-state index in [-0.39, 0.29) is 18.1 Å². The van der Waals surface area contributed by atoms with Gasteiger partial charge in [-0.05, 0) is 25.0 Å². The van der Waals surface area contributed by atoms with Crippen molar-refractivity contribution < 1.29 is 13.9 Å². The van der Waals surface area contributed by atoms with Gasteiger partial charge in [-0.3, -0.25) is 4.79 Å². The molecule has 5 nitrogen and oxygen atoms in total. The Morgan fingerprint density at radius 1 is 1.58 bits per heavy atom. The molecule has 2 atom stereocenters. The van der Waals surface area contributed by atoms with Crippen LogP contribution < -0.4 is 5.73 Å². The Balaban J connectivity index is 2.09. The van der Waals surface area contributed by atoms with Gasteiger partial charge in [-0.1, -0.05) is 6.92 Å². The number of carbonyl (C=O) groups excluding carboxylic acids is 1. The fraction of sp³-hybridized carbons (Fsp3) is 0.643. The molecular weight excluding hydrogens is 244 g/mol. The molecule has 0 saturated carbocycles. The van der Waals surface area contributed by atoms with Crippen LogP contribution in [0.2, 0.25) is 0 Å². The Morgan fingerprint density at radius 2 is 2.37 bits per heavy atom. The third kappa shape index (κ3) is 2.98. The van der Waals surface area contributed by atoms with Gasteiger partial charge in [-0.15, -0.1) is 0 Å². The zero-order valence-corrected chi connectivity index (χ0v) is 11.6. The molecule has 0 spiro atoms. The molecule has 19 heavy (non-hydrogen) atoms. The Morgan fingerprint density at radius 3 is 2.95 bits per heavy atom. The second kappa shape index (κ2) is 6.21. The predicted molar refractivity (Wildman–Crippen MR) is 72.0 cm³/mol. The lowest BCUT2D eigenvalue weighted by atomic mass is 9.99. The highest BCUT2D eigenvalue weighted by atomic mass is 16.5. The average molecular weight is 266 g/mol. The molecule has 2 N–H and O–H groups in total. The lowest BCUT2D eigenvalue weighted by molar-refractivity contribution is 0.0123. The van der Waals surface area contributed by atoms with E-state index < -0.39 is 0 Å². The number of carbonyl (C=O) groups is 1. The zero-order valence-electron chi connectivity index (χ0n) is 11.6. The van der Waals surface area contributed by atoms with Crippen molar-refractivity contribution in [3.63, 3.8) is 0 Å². The van der Waals surface area contributed by atoms with E-state index in [1.54, 1.807) is 13.2 Å². The van der Waals surface area contributed by atoms with Crippen molar-refractivity contribution >= 4 is 5.91 Å². The molecule has 1 amide bonds. The third-order valence-corrected chi connectivity index (χ3v) is 3.75. The summed E-state index contributed by atoms with van der Waals surface area (Å²) in [6, 6.07) is 3.63. The van der Waals surface area contributed by atoms with Crippen molar-refractivity contribution in [1.29, 1.82) is 0 Å². The topological polar surface area (TPSA) is 68.7 Å². The van der Waals surface area contributed by atoms with E-state index in [0.717, 1.165) is 25.0 Å². The van der Waals surface area contributed by atoms with Gasteiger partial charge in [0.05, 0.1) is 6.10 Å². The fourth-order valence-corrected chi connectivity index (χ4v) is 2.54. The van der Waals surface area contributed by atoms with E-state index in [0.29, 0.717) is 18.8 Å². The molecule has 106 valence electrons. The molecule has 2 unspecified atom stereocenters. The number of likely N-dealkylation sites (tertiary alicyclic amines) is 1. The highest BCUT2D eigenvalue weighted by Gasteiger charge is 2.32. The number of methoxy groups -OCH3 is 1. The summed E-state index contributed by atoms with van der Waals surface area (Å²) < 4.78 is 10.9. The summed E-state index contributed by atoms with van der Waals surface area (Å²) >= 11 is 0. The van der Waals surface area contributed by atoms with Gasteiger partial charge in [0.25, 0.3) is 5.91 Å². The Labute approximate surface area is 113 Å². The van der Waals surface area contributed by atoms with Crippen LogP contribution in [0.1, 0.15) is 36.1 Å². The van der Waals surface area contributed by atoms with E-state index in [4.69, 9.17) is 14.9 Å². The molecule has 0 radical (unpaired) electrons. The number of hydrogen-bond donors (Lipinski definition) is 1. The highest BCUT2D eigenvalue weighted by Crippen LogP contribution is 2.22. The van der Waals surface area contributed by atoms with E-state index in [9.17, 15) is 4.79 Å². The second-order valence-corrected chi connectivity index (χ2v) is 4.89. The molecule has 1 saturated heterocycles. The number of rotatable bonds is 4. The summed E-state index contributed by atoms with van der Waals surface area (Å²) in [5.74, 6) is 1.18. The molecule has 1 aliphatic rings. The van der Waals surface area contributed by atoms with E-state index in [2.05, 4.69) is 0 Å². The maximum absolute atomic E-state index is 12.4. The van der Waals surface area contributed by atoms with Crippen LogP contribution >= 0.6 is 0 Å². The first kappa shape index (κ1) is 14.1. The fourth-order valence-electron chi connectivity index (χ4n) is 2.54. The molecule has 2 rings (SSSR count). The summed E-state index contributed by atoms with van der Waals surface area (Å²) in [5.41, 5.74) is 5.78. The second-order valence-electron chi connectivity index (χ2n) is 4.89. The number of aryl methyl sites for hydroxylation is 1. The maximum atomic E-state index is 12.4. The average Bonchev–Trinajstić information content (AvgIpc) is 2.94. The minimum Gasteiger partial charge on any atom is -0.456 e. The predicted octanol–water partition coefficient (Wildman–Crippen LogP) is 1.42. The molecule has 1 aromatic heterocycles. The minimum absolute atomic E-state index is 0.0291. The van der Waals surface area contributed by atoms with E-state index >= 15 is 0 Å². The normalized spacial score (nSPS) is 23.6. The Kier molecular flexibility index (Phi) is 4.61. The largest absolute Gasteiger partial charge is 0.456 e. The Bertz CT molecular complexity index is 430. The smallest absolute Gasteiger partial charge is 0.289 e. The number of nitrogens with zero attached hydrogens (tertiary/aromatic N) is 1. The zero-order chi connectivity index (χ0) is 13.8. The number of ether oxygens (including phenoxy) is 1. The van der Waals surface area contributed by atoms with Gasteiger partial charge in [0.15, 0.2) is 5.76 Å². The number of amides is 1. The number of hydrogen-bond acceptors (Lipinski definition) is 4.